The van der Waals surface area contributed by atoms with Crippen LogP contribution in [0.5, 0.6) is 0 Å². The van der Waals surface area contributed by atoms with Gasteiger partial charge in [-0.25, -0.2) is 8.42 Å². The molecule has 1 aromatic carbocycles. The van der Waals surface area contributed by atoms with Crippen molar-refractivity contribution < 1.29 is 13.2 Å². The van der Waals surface area contributed by atoms with Gasteiger partial charge >= 0.3 is 0 Å². The van der Waals surface area contributed by atoms with Crippen molar-refractivity contribution >= 4 is 38.9 Å². The highest BCUT2D eigenvalue weighted by molar-refractivity contribution is 7.92. The van der Waals surface area contributed by atoms with Crippen LogP contribution in [0.3, 0.4) is 0 Å². The van der Waals surface area contributed by atoms with Crippen molar-refractivity contribution in [2.75, 3.05) is 18.8 Å². The summed E-state index contributed by atoms with van der Waals surface area (Å²) in [6.07, 6.45) is 1.09. The predicted octanol–water partition coefficient (Wildman–Crippen LogP) is 3.35. The Morgan fingerprint density at radius 2 is 1.78 bits per heavy atom. The van der Waals surface area contributed by atoms with Gasteiger partial charge < -0.3 is 4.90 Å². The van der Waals surface area contributed by atoms with Gasteiger partial charge in [-0.05, 0) is 30.5 Å². The van der Waals surface area contributed by atoms with E-state index in [2.05, 4.69) is 0 Å². The maximum absolute atomic E-state index is 12.6. The number of amides is 1. The molecule has 0 aromatic heterocycles. The van der Waals surface area contributed by atoms with Crippen LogP contribution in [-0.4, -0.2) is 42.8 Å². The molecule has 0 N–H and O–H groups in total. The lowest BCUT2D eigenvalue weighted by Gasteiger charge is -2.41. The molecule has 0 atom stereocenters. The average Bonchev–Trinajstić information content (AvgIpc) is 2.51. The Bertz CT molecular complexity index is 679. The normalized spacial score (nSPS) is 19.6. The van der Waals surface area contributed by atoms with Crippen LogP contribution in [0.25, 0.3) is 0 Å². The summed E-state index contributed by atoms with van der Waals surface area (Å²) in [5.41, 5.74) is 0.591. The molecule has 1 aliphatic heterocycles. The smallest absolute Gasteiger partial charge is 0.227 e. The highest BCUT2D eigenvalue weighted by Gasteiger charge is 2.46. The van der Waals surface area contributed by atoms with Gasteiger partial charge in [-0.1, -0.05) is 43.1 Å². The molecule has 1 aliphatic rings. The van der Waals surface area contributed by atoms with Gasteiger partial charge in [0.1, 0.15) is 0 Å². The van der Waals surface area contributed by atoms with E-state index < -0.39 is 14.6 Å². The maximum Gasteiger partial charge on any atom is 0.227 e. The van der Waals surface area contributed by atoms with E-state index in [4.69, 9.17) is 23.2 Å². The summed E-state index contributed by atoms with van der Waals surface area (Å²) in [7, 11) is -3.19. The minimum absolute atomic E-state index is 0.0106. The van der Waals surface area contributed by atoms with Crippen molar-refractivity contribution in [2.45, 2.75) is 37.9 Å². The SMILES string of the molecule is CCC1(CC)CN(C(=O)Cc2c(Cl)cccc2Cl)CCS1(=O)=O. The second-order valence-corrected chi connectivity index (χ2v) is 9.22. The van der Waals surface area contributed by atoms with E-state index in [0.717, 1.165) is 0 Å². The van der Waals surface area contributed by atoms with Gasteiger partial charge in [0.05, 0.1) is 16.9 Å². The molecule has 2 rings (SSSR count). The summed E-state index contributed by atoms with van der Waals surface area (Å²) < 4.78 is 24.0. The molecular formula is C16H21Cl2NO3S. The molecule has 1 fully saturated rings. The fourth-order valence-electron chi connectivity index (χ4n) is 3.06. The maximum atomic E-state index is 12.6. The van der Waals surface area contributed by atoms with E-state index >= 15 is 0 Å². The Labute approximate surface area is 147 Å². The Morgan fingerprint density at radius 3 is 2.30 bits per heavy atom. The highest BCUT2D eigenvalue weighted by atomic mass is 35.5. The molecule has 0 spiro atoms. The number of hydrogen-bond acceptors (Lipinski definition) is 3. The van der Waals surface area contributed by atoms with Crippen LogP contribution in [0.15, 0.2) is 18.2 Å². The zero-order chi connectivity index (χ0) is 17.3. The summed E-state index contributed by atoms with van der Waals surface area (Å²) in [5, 5.41) is 0.903. The van der Waals surface area contributed by atoms with Crippen molar-refractivity contribution in [3.8, 4) is 0 Å². The first-order valence-corrected chi connectivity index (χ1v) is 10.1. The van der Waals surface area contributed by atoms with E-state index in [1.165, 1.54) is 0 Å². The number of halogens is 2. The monoisotopic (exact) mass is 377 g/mol. The van der Waals surface area contributed by atoms with Gasteiger partial charge in [0.15, 0.2) is 9.84 Å². The second-order valence-electron chi connectivity index (χ2n) is 5.90. The predicted molar refractivity (Wildman–Crippen MR) is 93.8 cm³/mol. The number of rotatable bonds is 4. The molecule has 4 nitrogen and oxygen atoms in total. The molecule has 1 aromatic rings. The molecule has 0 radical (unpaired) electrons. The van der Waals surface area contributed by atoms with Crippen LogP contribution >= 0.6 is 23.2 Å². The molecule has 1 heterocycles. The van der Waals surface area contributed by atoms with Crippen LogP contribution in [0.4, 0.5) is 0 Å². The van der Waals surface area contributed by atoms with E-state index in [1.807, 2.05) is 13.8 Å². The van der Waals surface area contributed by atoms with Crippen LogP contribution in [-0.2, 0) is 21.1 Å². The van der Waals surface area contributed by atoms with Crippen molar-refractivity contribution in [1.29, 1.82) is 0 Å². The molecular weight excluding hydrogens is 357 g/mol. The van der Waals surface area contributed by atoms with Gasteiger partial charge in [0.25, 0.3) is 0 Å². The number of sulfone groups is 1. The first-order chi connectivity index (χ1) is 10.8. The number of nitrogens with zero attached hydrogens (tertiary/aromatic N) is 1. The van der Waals surface area contributed by atoms with E-state index in [9.17, 15) is 13.2 Å². The summed E-state index contributed by atoms with van der Waals surface area (Å²) in [4.78, 5) is 14.2. The fraction of sp³-hybridized carbons (Fsp3) is 0.562. The summed E-state index contributed by atoms with van der Waals surface area (Å²) in [6, 6.07) is 5.11. The Morgan fingerprint density at radius 1 is 1.22 bits per heavy atom. The molecule has 128 valence electrons. The Balaban J connectivity index is 2.21. The van der Waals surface area contributed by atoms with Crippen molar-refractivity contribution in [3.63, 3.8) is 0 Å². The van der Waals surface area contributed by atoms with Gasteiger partial charge in [-0.15, -0.1) is 0 Å². The molecule has 0 saturated carbocycles. The largest absolute Gasteiger partial charge is 0.340 e. The topological polar surface area (TPSA) is 54.5 Å². The third-order valence-electron chi connectivity index (χ3n) is 4.80. The van der Waals surface area contributed by atoms with Gasteiger partial charge in [0.2, 0.25) is 5.91 Å². The third kappa shape index (κ3) is 3.52. The lowest BCUT2D eigenvalue weighted by Crippen LogP contribution is -2.57. The van der Waals surface area contributed by atoms with Crippen LogP contribution in [0.2, 0.25) is 10.0 Å². The summed E-state index contributed by atoms with van der Waals surface area (Å²) >= 11 is 12.2. The van der Waals surface area contributed by atoms with Crippen molar-refractivity contribution in [1.82, 2.24) is 4.90 Å². The van der Waals surface area contributed by atoms with Gasteiger partial charge in [-0.3, -0.25) is 4.79 Å². The standard InChI is InChI=1S/C16H21Cl2NO3S/c1-3-16(4-2)11-19(8-9-23(16,21)22)15(20)10-12-13(17)6-5-7-14(12)18/h5-7H,3-4,8-11H2,1-2H3. The first kappa shape index (κ1) is 18.6. The number of carbonyl (C=O) groups excluding carboxylic acids is 1. The summed E-state index contributed by atoms with van der Waals surface area (Å²) in [5.74, 6) is -0.127. The molecule has 1 saturated heterocycles. The highest BCUT2D eigenvalue weighted by Crippen LogP contribution is 2.32. The van der Waals surface area contributed by atoms with Crippen LogP contribution in [0, 0.1) is 0 Å². The Hall–Kier alpha value is -0.780. The average molecular weight is 378 g/mol. The molecule has 23 heavy (non-hydrogen) atoms. The van der Waals surface area contributed by atoms with Gasteiger partial charge in [0, 0.05) is 23.1 Å². The van der Waals surface area contributed by atoms with Crippen LogP contribution < -0.4 is 0 Å². The van der Waals surface area contributed by atoms with Crippen LogP contribution in [0.1, 0.15) is 32.3 Å². The molecule has 7 heteroatoms. The second kappa shape index (κ2) is 6.99. The number of hydrogen-bond donors (Lipinski definition) is 0. The first-order valence-electron chi connectivity index (χ1n) is 7.69. The Kier molecular flexibility index (Phi) is 5.64. The fourth-order valence-corrected chi connectivity index (χ4v) is 5.72. The zero-order valence-electron chi connectivity index (χ0n) is 13.3. The molecule has 0 bridgehead atoms. The van der Waals surface area contributed by atoms with E-state index in [-0.39, 0.29) is 31.2 Å². The van der Waals surface area contributed by atoms with Gasteiger partial charge in [-0.2, -0.15) is 0 Å². The zero-order valence-corrected chi connectivity index (χ0v) is 15.6. The third-order valence-corrected chi connectivity index (χ3v) is 8.25. The molecule has 1 amide bonds. The lowest BCUT2D eigenvalue weighted by molar-refractivity contribution is -0.131. The number of carbonyl (C=O) groups is 1. The number of benzene rings is 1. The van der Waals surface area contributed by atoms with Crippen molar-refractivity contribution in [2.24, 2.45) is 0 Å². The minimum atomic E-state index is -3.19. The molecule has 0 unspecified atom stereocenters. The quantitative estimate of drug-likeness (QED) is 0.808. The lowest BCUT2D eigenvalue weighted by atomic mass is 10.0. The van der Waals surface area contributed by atoms with E-state index in [1.54, 1.807) is 23.1 Å². The minimum Gasteiger partial charge on any atom is -0.340 e. The van der Waals surface area contributed by atoms with Crippen molar-refractivity contribution in [3.05, 3.63) is 33.8 Å². The summed E-state index contributed by atoms with van der Waals surface area (Å²) in [6.45, 7) is 4.19. The molecule has 0 aliphatic carbocycles. The van der Waals surface area contributed by atoms with E-state index in [0.29, 0.717) is 28.5 Å².